The van der Waals surface area contributed by atoms with E-state index in [-0.39, 0.29) is 23.6 Å². The zero-order valence-corrected chi connectivity index (χ0v) is 11.0. The number of aliphatic carboxylic acids is 1. The number of hydrogen-bond acceptors (Lipinski definition) is 5. The minimum atomic E-state index is -3.72. The van der Waals surface area contributed by atoms with E-state index < -0.39 is 21.9 Å². The van der Waals surface area contributed by atoms with E-state index >= 15 is 0 Å². The molecule has 1 aromatic rings. The predicted octanol–water partition coefficient (Wildman–Crippen LogP) is 0.342. The van der Waals surface area contributed by atoms with Crippen LogP contribution in [0.2, 0.25) is 0 Å². The second kappa shape index (κ2) is 6.26. The number of rotatable bonds is 6. The average Bonchev–Trinajstić information content (AvgIpc) is 2.38. The lowest BCUT2D eigenvalue weighted by atomic mass is 10.1. The normalized spacial score (nSPS) is 12.6. The van der Waals surface area contributed by atoms with E-state index in [4.69, 9.17) is 10.4 Å². The highest BCUT2D eigenvalue weighted by Gasteiger charge is 2.16. The third-order valence-corrected chi connectivity index (χ3v) is 3.90. The number of hydrogen-bond donors (Lipinski definition) is 2. The molecule has 8 heteroatoms. The summed E-state index contributed by atoms with van der Waals surface area (Å²) in [6.07, 6.45) is 1.28. The second-order valence-corrected chi connectivity index (χ2v) is 5.68. The van der Waals surface area contributed by atoms with Crippen LogP contribution >= 0.6 is 0 Å². The predicted molar refractivity (Wildman–Crippen MR) is 65.6 cm³/mol. The molecule has 0 fully saturated rings. The van der Waals surface area contributed by atoms with Crippen molar-refractivity contribution >= 4 is 16.0 Å². The Morgan fingerprint density at radius 1 is 1.58 bits per heavy atom. The summed E-state index contributed by atoms with van der Waals surface area (Å²) >= 11 is 0. The van der Waals surface area contributed by atoms with Gasteiger partial charge in [0.25, 0.3) is 0 Å². The van der Waals surface area contributed by atoms with Crippen LogP contribution in [0.1, 0.15) is 19.0 Å². The van der Waals surface area contributed by atoms with Crippen molar-refractivity contribution < 1.29 is 18.3 Å². The number of carboxylic acids is 1. The van der Waals surface area contributed by atoms with Gasteiger partial charge >= 0.3 is 5.97 Å². The third-order valence-electron chi connectivity index (χ3n) is 2.45. The fourth-order valence-electron chi connectivity index (χ4n) is 1.22. The number of carbonyl (C=O) groups is 1. The Kier molecular flexibility index (Phi) is 4.97. The molecule has 0 amide bonds. The first-order valence-electron chi connectivity index (χ1n) is 5.45. The number of nitrogens with one attached hydrogen (secondary N) is 1. The van der Waals surface area contributed by atoms with Gasteiger partial charge in [-0.15, -0.1) is 0 Å². The molecule has 19 heavy (non-hydrogen) atoms. The van der Waals surface area contributed by atoms with Gasteiger partial charge in [-0.05, 0) is 18.6 Å². The van der Waals surface area contributed by atoms with Crippen LogP contribution in [0.15, 0.2) is 23.2 Å². The molecule has 0 aromatic carbocycles. The number of nitrogens with zero attached hydrogens (tertiary/aromatic N) is 2. The van der Waals surface area contributed by atoms with Crippen LogP contribution in [0.3, 0.4) is 0 Å². The van der Waals surface area contributed by atoms with Crippen molar-refractivity contribution in [3.8, 4) is 6.07 Å². The van der Waals surface area contributed by atoms with Gasteiger partial charge in [0.2, 0.25) is 10.0 Å². The molecule has 0 saturated heterocycles. The summed E-state index contributed by atoms with van der Waals surface area (Å²) in [5, 5.41) is 17.2. The van der Waals surface area contributed by atoms with E-state index in [1.807, 2.05) is 0 Å². The van der Waals surface area contributed by atoms with E-state index in [0.717, 1.165) is 6.20 Å². The molecule has 1 rings (SSSR count). The maximum atomic E-state index is 11.8. The smallest absolute Gasteiger partial charge is 0.306 e. The fourth-order valence-corrected chi connectivity index (χ4v) is 2.21. The zero-order valence-electron chi connectivity index (χ0n) is 10.2. The number of nitriles is 1. The molecule has 1 heterocycles. The Labute approximate surface area is 110 Å². The summed E-state index contributed by atoms with van der Waals surface area (Å²) in [5.41, 5.74) is 0.124. The molecule has 2 N–H and O–H groups in total. The van der Waals surface area contributed by atoms with Crippen LogP contribution < -0.4 is 4.72 Å². The quantitative estimate of drug-likeness (QED) is 0.776. The van der Waals surface area contributed by atoms with Gasteiger partial charge in [-0.2, -0.15) is 5.26 Å². The van der Waals surface area contributed by atoms with Crippen LogP contribution in [0.4, 0.5) is 0 Å². The van der Waals surface area contributed by atoms with Gasteiger partial charge in [0.1, 0.15) is 16.7 Å². The molecule has 0 aliphatic rings. The van der Waals surface area contributed by atoms with Crippen LogP contribution in [0, 0.1) is 17.2 Å². The number of pyridine rings is 1. The first-order valence-corrected chi connectivity index (χ1v) is 6.94. The van der Waals surface area contributed by atoms with E-state index in [0.29, 0.717) is 0 Å². The van der Waals surface area contributed by atoms with E-state index in [2.05, 4.69) is 9.71 Å². The van der Waals surface area contributed by atoms with Crippen LogP contribution in [0.5, 0.6) is 0 Å². The van der Waals surface area contributed by atoms with Crippen LogP contribution in [0.25, 0.3) is 0 Å². The number of aromatic nitrogens is 1. The van der Waals surface area contributed by atoms with Crippen molar-refractivity contribution in [2.45, 2.75) is 18.2 Å². The molecule has 1 unspecified atom stereocenters. The van der Waals surface area contributed by atoms with Gasteiger partial charge in [0.15, 0.2) is 0 Å². The van der Waals surface area contributed by atoms with Gasteiger partial charge in [0, 0.05) is 12.7 Å². The van der Waals surface area contributed by atoms with Crippen LogP contribution in [-0.2, 0) is 14.8 Å². The summed E-state index contributed by atoms with van der Waals surface area (Å²) in [6.45, 7) is 1.52. The molecule has 0 radical (unpaired) electrons. The van der Waals surface area contributed by atoms with Gasteiger partial charge < -0.3 is 5.11 Å². The SMILES string of the molecule is CC(CCNS(=O)(=O)c1ccc(C#N)nc1)C(=O)O. The highest BCUT2D eigenvalue weighted by Crippen LogP contribution is 2.08. The Balaban J connectivity index is 2.66. The molecule has 7 nitrogen and oxygen atoms in total. The largest absolute Gasteiger partial charge is 0.481 e. The third kappa shape index (κ3) is 4.31. The summed E-state index contributed by atoms with van der Waals surface area (Å²) in [6, 6.07) is 4.36. The first kappa shape index (κ1) is 15.1. The molecule has 0 bridgehead atoms. The van der Waals surface area contributed by atoms with E-state index in [1.165, 1.54) is 19.1 Å². The van der Waals surface area contributed by atoms with Crippen molar-refractivity contribution in [2.24, 2.45) is 5.92 Å². The molecule has 0 aliphatic carbocycles. The molecule has 1 atom stereocenters. The standard InChI is InChI=1S/C11H13N3O4S/c1-8(11(15)16)4-5-14-19(17,18)10-3-2-9(6-12)13-7-10/h2-3,7-8,14H,4-5H2,1H3,(H,15,16). The Bertz CT molecular complexity index is 589. The van der Waals surface area contributed by atoms with Gasteiger partial charge in [0.05, 0.1) is 5.92 Å². The minimum absolute atomic E-state index is 0.0236. The molecular formula is C11H13N3O4S. The van der Waals surface area contributed by atoms with Crippen molar-refractivity contribution in [1.82, 2.24) is 9.71 Å². The van der Waals surface area contributed by atoms with Crippen molar-refractivity contribution in [2.75, 3.05) is 6.54 Å². The van der Waals surface area contributed by atoms with Crippen molar-refractivity contribution in [3.05, 3.63) is 24.0 Å². The fraction of sp³-hybridized carbons (Fsp3) is 0.364. The van der Waals surface area contributed by atoms with Gasteiger partial charge in [-0.25, -0.2) is 18.1 Å². The lowest BCUT2D eigenvalue weighted by molar-refractivity contribution is -0.141. The van der Waals surface area contributed by atoms with E-state index in [9.17, 15) is 13.2 Å². The Morgan fingerprint density at radius 3 is 2.74 bits per heavy atom. The van der Waals surface area contributed by atoms with Crippen molar-refractivity contribution in [1.29, 1.82) is 5.26 Å². The maximum absolute atomic E-state index is 11.8. The molecule has 0 saturated carbocycles. The van der Waals surface area contributed by atoms with Gasteiger partial charge in [-0.1, -0.05) is 6.92 Å². The molecule has 1 aromatic heterocycles. The highest BCUT2D eigenvalue weighted by molar-refractivity contribution is 7.89. The maximum Gasteiger partial charge on any atom is 0.306 e. The Morgan fingerprint density at radius 2 is 2.26 bits per heavy atom. The molecule has 102 valence electrons. The topological polar surface area (TPSA) is 120 Å². The average molecular weight is 283 g/mol. The Hall–Kier alpha value is -1.98. The molecular weight excluding hydrogens is 270 g/mol. The first-order chi connectivity index (χ1) is 8.86. The number of carboxylic acid groups (broad SMARTS) is 1. The summed E-state index contributed by atoms with van der Waals surface area (Å²) in [7, 11) is -3.72. The lowest BCUT2D eigenvalue weighted by Gasteiger charge is -2.08. The number of sulfonamides is 1. The van der Waals surface area contributed by atoms with E-state index in [1.54, 1.807) is 6.07 Å². The highest BCUT2D eigenvalue weighted by atomic mass is 32.2. The summed E-state index contributed by atoms with van der Waals surface area (Å²) < 4.78 is 25.9. The molecule has 0 spiro atoms. The summed E-state index contributed by atoms with van der Waals surface area (Å²) in [5.74, 6) is -1.60. The monoisotopic (exact) mass is 283 g/mol. The molecule has 0 aliphatic heterocycles. The zero-order chi connectivity index (χ0) is 14.5. The second-order valence-electron chi connectivity index (χ2n) is 3.92. The summed E-state index contributed by atoms with van der Waals surface area (Å²) in [4.78, 5) is 14.2. The van der Waals surface area contributed by atoms with Crippen LogP contribution in [-0.4, -0.2) is 31.0 Å². The lowest BCUT2D eigenvalue weighted by Crippen LogP contribution is -2.27. The minimum Gasteiger partial charge on any atom is -0.481 e. The van der Waals surface area contributed by atoms with Crippen molar-refractivity contribution in [3.63, 3.8) is 0 Å². The van der Waals surface area contributed by atoms with Gasteiger partial charge in [-0.3, -0.25) is 4.79 Å².